The molecule has 3 rings (SSSR count). The second-order valence-electron chi connectivity index (χ2n) is 6.11. The summed E-state index contributed by atoms with van der Waals surface area (Å²) >= 11 is 1.62. The fraction of sp³-hybridized carbons (Fsp3) is 0.350. The third-order valence-electron chi connectivity index (χ3n) is 4.50. The summed E-state index contributed by atoms with van der Waals surface area (Å²) in [5, 5.41) is 2.96. The number of anilines is 2. The van der Waals surface area contributed by atoms with Crippen molar-refractivity contribution in [2.45, 2.75) is 24.2 Å². The number of nitrogens with one attached hydrogen (secondary N) is 1. The number of piperidine rings is 1. The number of carbonyl (C=O) groups excluding carboxylic acids is 1. The minimum atomic E-state index is -0.157. The van der Waals surface area contributed by atoms with E-state index in [9.17, 15) is 4.79 Å². The van der Waals surface area contributed by atoms with Crippen LogP contribution in [0.15, 0.2) is 47.4 Å². The number of thioether (sulfide) groups is 1. The van der Waals surface area contributed by atoms with Gasteiger partial charge in [0.25, 0.3) is 5.91 Å². The Balaban J connectivity index is 1.70. The summed E-state index contributed by atoms with van der Waals surface area (Å²) in [7, 11) is 1.59. The van der Waals surface area contributed by atoms with Gasteiger partial charge in [0.1, 0.15) is 5.75 Å². The zero-order chi connectivity index (χ0) is 17.6. The molecular weight excluding hydrogens is 332 g/mol. The normalized spacial score (nSPS) is 14.2. The van der Waals surface area contributed by atoms with Gasteiger partial charge in [-0.3, -0.25) is 4.79 Å². The van der Waals surface area contributed by atoms with Crippen molar-refractivity contribution in [2.75, 3.05) is 36.7 Å². The summed E-state index contributed by atoms with van der Waals surface area (Å²) in [5.41, 5.74) is 2.56. The predicted octanol–water partition coefficient (Wildman–Crippen LogP) is 4.66. The van der Waals surface area contributed by atoms with Gasteiger partial charge < -0.3 is 15.0 Å². The maximum absolute atomic E-state index is 12.6. The molecule has 0 aromatic heterocycles. The number of ether oxygens (including phenoxy) is 1. The van der Waals surface area contributed by atoms with Crippen LogP contribution in [0.4, 0.5) is 11.4 Å². The van der Waals surface area contributed by atoms with Crippen LogP contribution < -0.4 is 15.0 Å². The lowest BCUT2D eigenvalue weighted by Crippen LogP contribution is -2.29. The summed E-state index contributed by atoms with van der Waals surface area (Å²) < 4.78 is 5.36. The van der Waals surface area contributed by atoms with Crippen molar-refractivity contribution in [3.63, 3.8) is 0 Å². The highest BCUT2D eigenvalue weighted by Gasteiger charge is 2.14. The second-order valence-corrected chi connectivity index (χ2v) is 6.99. The Labute approximate surface area is 153 Å². The fourth-order valence-electron chi connectivity index (χ4n) is 3.09. The number of amides is 1. The first-order chi connectivity index (χ1) is 12.2. The maximum Gasteiger partial charge on any atom is 0.259 e. The summed E-state index contributed by atoms with van der Waals surface area (Å²) in [6, 6.07) is 13.7. The number of rotatable bonds is 5. The van der Waals surface area contributed by atoms with Crippen molar-refractivity contribution in [2.24, 2.45) is 0 Å². The summed E-state index contributed by atoms with van der Waals surface area (Å²) in [6.07, 6.45) is 5.83. The lowest BCUT2D eigenvalue weighted by atomic mass is 10.1. The first-order valence-corrected chi connectivity index (χ1v) is 9.82. The summed E-state index contributed by atoms with van der Waals surface area (Å²) in [6.45, 7) is 2.23. The van der Waals surface area contributed by atoms with Crippen molar-refractivity contribution >= 4 is 29.0 Å². The number of methoxy groups -OCH3 is 1. The lowest BCUT2D eigenvalue weighted by molar-refractivity contribution is 0.102. The molecule has 132 valence electrons. The molecule has 0 spiro atoms. The molecule has 1 N–H and O–H groups in total. The van der Waals surface area contributed by atoms with E-state index in [4.69, 9.17) is 4.74 Å². The average molecular weight is 356 g/mol. The molecule has 1 aliphatic rings. The minimum Gasteiger partial charge on any atom is -0.496 e. The predicted molar refractivity (Wildman–Crippen MR) is 105 cm³/mol. The van der Waals surface area contributed by atoms with Crippen LogP contribution in [0.2, 0.25) is 0 Å². The number of hydrogen-bond acceptors (Lipinski definition) is 4. The van der Waals surface area contributed by atoms with Gasteiger partial charge in [0, 0.05) is 29.4 Å². The van der Waals surface area contributed by atoms with Crippen molar-refractivity contribution in [3.8, 4) is 5.75 Å². The molecule has 1 heterocycles. The Bertz CT molecular complexity index is 725. The summed E-state index contributed by atoms with van der Waals surface area (Å²) in [4.78, 5) is 16.0. The second kappa shape index (κ2) is 8.30. The van der Waals surface area contributed by atoms with Crippen molar-refractivity contribution in [1.29, 1.82) is 0 Å². The Morgan fingerprint density at radius 3 is 2.44 bits per heavy atom. The molecular formula is C20H24N2O2S. The van der Waals surface area contributed by atoms with Gasteiger partial charge in [-0.1, -0.05) is 0 Å². The van der Waals surface area contributed by atoms with E-state index < -0.39 is 0 Å². The molecule has 1 saturated heterocycles. The standard InChI is InChI=1S/C20H24N2O2S/c1-24-19-14-17(25-2)10-11-18(19)20(23)21-15-6-8-16(9-7-15)22-12-4-3-5-13-22/h6-11,14H,3-5,12-13H2,1-2H3,(H,21,23). The smallest absolute Gasteiger partial charge is 0.259 e. The van der Waals surface area contributed by atoms with Gasteiger partial charge in [0.05, 0.1) is 12.7 Å². The molecule has 0 saturated carbocycles. The van der Waals surface area contributed by atoms with Crippen LogP contribution in [0.1, 0.15) is 29.6 Å². The Morgan fingerprint density at radius 1 is 1.08 bits per heavy atom. The third-order valence-corrected chi connectivity index (χ3v) is 5.23. The largest absolute Gasteiger partial charge is 0.496 e. The monoisotopic (exact) mass is 356 g/mol. The van der Waals surface area contributed by atoms with Crippen LogP contribution in [0.5, 0.6) is 5.75 Å². The molecule has 2 aromatic carbocycles. The van der Waals surface area contributed by atoms with Crippen molar-refractivity contribution in [1.82, 2.24) is 0 Å². The Hall–Kier alpha value is -2.14. The van der Waals surface area contributed by atoms with E-state index in [-0.39, 0.29) is 5.91 Å². The molecule has 0 radical (unpaired) electrons. The van der Waals surface area contributed by atoms with Gasteiger partial charge in [0.2, 0.25) is 0 Å². The van der Waals surface area contributed by atoms with Crippen LogP contribution in [0, 0.1) is 0 Å². The van der Waals surface area contributed by atoms with E-state index in [1.54, 1.807) is 18.9 Å². The molecule has 1 aliphatic heterocycles. The van der Waals surface area contributed by atoms with E-state index in [1.807, 2.05) is 36.6 Å². The first kappa shape index (κ1) is 17.7. The number of nitrogens with zero attached hydrogens (tertiary/aromatic N) is 1. The highest BCUT2D eigenvalue weighted by Crippen LogP contribution is 2.27. The molecule has 0 aliphatic carbocycles. The molecule has 5 heteroatoms. The molecule has 2 aromatic rings. The van der Waals surface area contributed by atoms with E-state index in [1.165, 1.54) is 24.9 Å². The highest BCUT2D eigenvalue weighted by atomic mass is 32.2. The minimum absolute atomic E-state index is 0.157. The van der Waals surface area contributed by atoms with E-state index in [0.717, 1.165) is 23.7 Å². The molecule has 25 heavy (non-hydrogen) atoms. The Morgan fingerprint density at radius 2 is 1.80 bits per heavy atom. The molecule has 1 fully saturated rings. The third kappa shape index (κ3) is 4.28. The van der Waals surface area contributed by atoms with Gasteiger partial charge in [0.15, 0.2) is 0 Å². The molecule has 0 bridgehead atoms. The lowest BCUT2D eigenvalue weighted by Gasteiger charge is -2.28. The topological polar surface area (TPSA) is 41.6 Å². The number of benzene rings is 2. The fourth-order valence-corrected chi connectivity index (χ4v) is 3.52. The quantitative estimate of drug-likeness (QED) is 0.791. The van der Waals surface area contributed by atoms with Gasteiger partial charge in [-0.05, 0) is 68.0 Å². The van der Waals surface area contributed by atoms with Crippen molar-refractivity contribution in [3.05, 3.63) is 48.0 Å². The van der Waals surface area contributed by atoms with Gasteiger partial charge >= 0.3 is 0 Å². The van der Waals surface area contributed by atoms with Gasteiger partial charge in [-0.15, -0.1) is 11.8 Å². The molecule has 0 unspecified atom stereocenters. The average Bonchev–Trinajstić information content (AvgIpc) is 2.68. The van der Waals surface area contributed by atoms with E-state index in [2.05, 4.69) is 22.3 Å². The van der Waals surface area contributed by atoms with Crippen LogP contribution in [-0.4, -0.2) is 32.4 Å². The van der Waals surface area contributed by atoms with Gasteiger partial charge in [-0.25, -0.2) is 0 Å². The first-order valence-electron chi connectivity index (χ1n) is 8.59. The zero-order valence-corrected chi connectivity index (χ0v) is 15.6. The highest BCUT2D eigenvalue weighted by molar-refractivity contribution is 7.98. The maximum atomic E-state index is 12.6. The Kier molecular flexibility index (Phi) is 5.87. The van der Waals surface area contributed by atoms with Gasteiger partial charge in [-0.2, -0.15) is 0 Å². The molecule has 0 atom stereocenters. The molecule has 1 amide bonds. The van der Waals surface area contributed by atoms with Crippen LogP contribution in [-0.2, 0) is 0 Å². The SMILES string of the molecule is COc1cc(SC)ccc1C(=O)Nc1ccc(N2CCCCC2)cc1. The zero-order valence-electron chi connectivity index (χ0n) is 14.7. The van der Waals surface area contributed by atoms with Crippen molar-refractivity contribution < 1.29 is 9.53 Å². The number of carbonyl (C=O) groups is 1. The molecule has 4 nitrogen and oxygen atoms in total. The van der Waals surface area contributed by atoms with Crippen LogP contribution in [0.25, 0.3) is 0 Å². The van der Waals surface area contributed by atoms with Crippen LogP contribution in [0.3, 0.4) is 0 Å². The van der Waals surface area contributed by atoms with Crippen LogP contribution >= 0.6 is 11.8 Å². The van der Waals surface area contributed by atoms with E-state index in [0.29, 0.717) is 11.3 Å². The summed E-state index contributed by atoms with van der Waals surface area (Å²) in [5.74, 6) is 0.435. The van der Waals surface area contributed by atoms with E-state index >= 15 is 0 Å². The number of hydrogen-bond donors (Lipinski definition) is 1.